The molecule has 0 saturated carbocycles. The van der Waals surface area contributed by atoms with Gasteiger partial charge in [0, 0.05) is 25.7 Å². The summed E-state index contributed by atoms with van der Waals surface area (Å²) >= 11 is 1.39. The predicted molar refractivity (Wildman–Crippen MR) is 96.8 cm³/mol. The molecule has 0 unspecified atom stereocenters. The summed E-state index contributed by atoms with van der Waals surface area (Å²) in [7, 11) is 0. The van der Waals surface area contributed by atoms with Gasteiger partial charge in [-0.2, -0.15) is 0 Å². The van der Waals surface area contributed by atoms with Gasteiger partial charge in [0.05, 0.1) is 19.4 Å². The van der Waals surface area contributed by atoms with E-state index >= 15 is 0 Å². The van der Waals surface area contributed by atoms with Crippen LogP contribution in [0.25, 0.3) is 10.2 Å². The highest BCUT2D eigenvalue weighted by Gasteiger charge is 2.19. The van der Waals surface area contributed by atoms with Crippen LogP contribution in [0, 0.1) is 17.7 Å². The number of nitrogens with two attached hydrogens (primary N) is 1. The third-order valence-electron chi connectivity index (χ3n) is 3.58. The van der Waals surface area contributed by atoms with Crippen LogP contribution in [0.2, 0.25) is 0 Å². The van der Waals surface area contributed by atoms with Gasteiger partial charge in [-0.25, -0.2) is 29.6 Å². The van der Waals surface area contributed by atoms with E-state index in [0.29, 0.717) is 40.9 Å². The zero-order valence-electron chi connectivity index (χ0n) is 13.6. The Hall–Kier alpha value is -3.10. The predicted octanol–water partition coefficient (Wildman–Crippen LogP) is 1.92. The molecule has 0 spiro atoms. The van der Waals surface area contributed by atoms with Crippen molar-refractivity contribution in [3.05, 3.63) is 24.4 Å². The van der Waals surface area contributed by atoms with Crippen molar-refractivity contribution in [2.45, 2.75) is 0 Å². The van der Waals surface area contributed by atoms with E-state index in [1.165, 1.54) is 17.7 Å². The standard InChI is InChI=1S/C14H14FN7OS.CHN/c15-8-6-17-13(20-10-5-9(16)18-7-19-10)12-11(8)21-14(24-12)22-1-3-23-4-2-22;1-2/h5-7H,1-4H2,(H3,16,17,18,19,20);1H. The lowest BCUT2D eigenvalue weighted by Crippen LogP contribution is -2.36. The van der Waals surface area contributed by atoms with Gasteiger partial charge in [0.2, 0.25) is 0 Å². The van der Waals surface area contributed by atoms with Crippen molar-refractivity contribution in [3.8, 4) is 6.57 Å². The number of nitrogens with zero attached hydrogens (tertiary/aromatic N) is 6. The number of nitrogens with one attached hydrogen (secondary N) is 1. The molecule has 11 heteroatoms. The smallest absolute Gasteiger partial charge is 0.186 e. The van der Waals surface area contributed by atoms with E-state index in [1.807, 2.05) is 0 Å². The van der Waals surface area contributed by atoms with Gasteiger partial charge in [-0.3, -0.25) is 0 Å². The van der Waals surface area contributed by atoms with Gasteiger partial charge in [0.1, 0.15) is 28.2 Å². The lowest BCUT2D eigenvalue weighted by molar-refractivity contribution is 0.122. The number of anilines is 4. The fourth-order valence-corrected chi connectivity index (χ4v) is 3.48. The molecule has 134 valence electrons. The minimum atomic E-state index is -0.450. The van der Waals surface area contributed by atoms with E-state index in [2.05, 4.69) is 36.7 Å². The van der Waals surface area contributed by atoms with Gasteiger partial charge < -0.3 is 20.7 Å². The fraction of sp³-hybridized carbons (Fsp3) is 0.267. The van der Waals surface area contributed by atoms with Gasteiger partial charge in [-0.05, 0) is 0 Å². The molecule has 0 aromatic carbocycles. The number of thiazole rings is 1. The van der Waals surface area contributed by atoms with Crippen LogP contribution in [0.4, 0.5) is 27.0 Å². The molecule has 0 bridgehead atoms. The Bertz CT molecular complexity index is 924. The molecular weight excluding hydrogens is 359 g/mol. The number of fused-ring (bicyclic) bond motifs is 1. The highest BCUT2D eigenvalue weighted by molar-refractivity contribution is 7.22. The summed E-state index contributed by atoms with van der Waals surface area (Å²) in [5.74, 6) is 0.864. The number of ether oxygens (including phenoxy) is 1. The van der Waals surface area contributed by atoms with Crippen LogP contribution in [0.5, 0.6) is 0 Å². The molecule has 9 nitrogen and oxygen atoms in total. The second-order valence-electron chi connectivity index (χ2n) is 5.18. The molecule has 3 N–H and O–H groups in total. The maximum absolute atomic E-state index is 14.1. The van der Waals surface area contributed by atoms with Crippen LogP contribution in [0.15, 0.2) is 18.6 Å². The monoisotopic (exact) mass is 374 g/mol. The number of morpholine rings is 1. The number of pyridine rings is 1. The SMILES string of the molecule is C#N.Nc1cc(Nc2ncc(F)c3nc(N4CCOCC4)sc23)ncn1. The van der Waals surface area contributed by atoms with Gasteiger partial charge >= 0.3 is 0 Å². The molecule has 4 rings (SSSR count). The normalized spacial score (nSPS) is 13.9. The molecule has 26 heavy (non-hydrogen) atoms. The molecular formula is C15H15FN8OS. The van der Waals surface area contributed by atoms with Crippen LogP contribution in [-0.2, 0) is 4.74 Å². The minimum absolute atomic E-state index is 0.293. The Morgan fingerprint density at radius 1 is 1.27 bits per heavy atom. The molecule has 3 aromatic rings. The third-order valence-corrected chi connectivity index (χ3v) is 4.70. The maximum atomic E-state index is 14.1. The Morgan fingerprint density at radius 2 is 2.04 bits per heavy atom. The lowest BCUT2D eigenvalue weighted by atomic mass is 10.4. The summed E-state index contributed by atoms with van der Waals surface area (Å²) in [4.78, 5) is 18.6. The van der Waals surface area contributed by atoms with Crippen LogP contribution < -0.4 is 16.0 Å². The summed E-state index contributed by atoms with van der Waals surface area (Å²) in [6, 6.07) is 1.58. The van der Waals surface area contributed by atoms with Crippen LogP contribution in [0.1, 0.15) is 0 Å². The van der Waals surface area contributed by atoms with E-state index in [4.69, 9.17) is 15.7 Å². The first-order chi connectivity index (χ1) is 12.7. The highest BCUT2D eigenvalue weighted by Crippen LogP contribution is 2.35. The Kier molecular flexibility index (Phi) is 5.35. The lowest BCUT2D eigenvalue weighted by Gasteiger charge is -2.25. The van der Waals surface area contributed by atoms with E-state index in [0.717, 1.165) is 24.4 Å². The van der Waals surface area contributed by atoms with Crippen LogP contribution >= 0.6 is 11.3 Å². The summed E-state index contributed by atoms with van der Waals surface area (Å²) < 4.78 is 20.1. The van der Waals surface area contributed by atoms with Crippen molar-refractivity contribution in [1.29, 1.82) is 5.26 Å². The fourth-order valence-electron chi connectivity index (χ4n) is 2.41. The van der Waals surface area contributed by atoms with Crippen LogP contribution in [0.3, 0.4) is 0 Å². The van der Waals surface area contributed by atoms with Crippen molar-refractivity contribution < 1.29 is 9.13 Å². The van der Waals surface area contributed by atoms with E-state index in [9.17, 15) is 4.39 Å². The third kappa shape index (κ3) is 3.61. The molecule has 3 aromatic heterocycles. The average molecular weight is 374 g/mol. The first-order valence-corrected chi connectivity index (χ1v) is 8.40. The second-order valence-corrected chi connectivity index (χ2v) is 6.16. The largest absolute Gasteiger partial charge is 0.384 e. The molecule has 4 heterocycles. The van der Waals surface area contributed by atoms with Crippen molar-refractivity contribution in [2.24, 2.45) is 0 Å². The Morgan fingerprint density at radius 3 is 2.77 bits per heavy atom. The molecule has 0 aliphatic carbocycles. The van der Waals surface area contributed by atoms with Gasteiger partial charge in [-0.1, -0.05) is 11.3 Å². The Balaban J connectivity index is 0.000000948. The number of nitrogen functional groups attached to an aromatic ring is 1. The summed E-state index contributed by atoms with van der Waals surface area (Å²) in [6.07, 6.45) is 2.50. The first kappa shape index (κ1) is 17.7. The van der Waals surface area contributed by atoms with Crippen molar-refractivity contribution in [2.75, 3.05) is 42.3 Å². The molecule has 0 radical (unpaired) electrons. The van der Waals surface area contributed by atoms with Crippen molar-refractivity contribution in [3.63, 3.8) is 0 Å². The molecule has 1 fully saturated rings. The first-order valence-electron chi connectivity index (χ1n) is 7.59. The van der Waals surface area contributed by atoms with Crippen molar-refractivity contribution >= 4 is 44.1 Å². The zero-order chi connectivity index (χ0) is 18.5. The van der Waals surface area contributed by atoms with Gasteiger partial charge in [-0.15, -0.1) is 0 Å². The number of hydrogen-bond donors (Lipinski definition) is 2. The van der Waals surface area contributed by atoms with Gasteiger partial charge in [0.15, 0.2) is 16.8 Å². The molecule has 1 saturated heterocycles. The van der Waals surface area contributed by atoms with Gasteiger partial charge in [0.25, 0.3) is 0 Å². The Labute approximate surface area is 152 Å². The number of nitriles is 1. The second kappa shape index (κ2) is 7.85. The van der Waals surface area contributed by atoms with E-state index < -0.39 is 5.82 Å². The quantitative estimate of drug-likeness (QED) is 0.707. The van der Waals surface area contributed by atoms with E-state index in [-0.39, 0.29) is 0 Å². The molecule has 1 aliphatic heterocycles. The summed E-state index contributed by atoms with van der Waals surface area (Å²) in [6.45, 7) is 6.25. The molecule has 0 amide bonds. The maximum Gasteiger partial charge on any atom is 0.186 e. The minimum Gasteiger partial charge on any atom is -0.384 e. The number of hydrogen-bond acceptors (Lipinski definition) is 10. The highest BCUT2D eigenvalue weighted by atomic mass is 32.1. The number of halogens is 1. The number of rotatable bonds is 3. The summed E-state index contributed by atoms with van der Waals surface area (Å²) in [5, 5.41) is 10.3. The number of aromatic nitrogens is 4. The summed E-state index contributed by atoms with van der Waals surface area (Å²) in [5.41, 5.74) is 5.94. The van der Waals surface area contributed by atoms with Crippen molar-refractivity contribution in [1.82, 2.24) is 19.9 Å². The topological polar surface area (TPSA) is 126 Å². The molecule has 1 aliphatic rings. The van der Waals surface area contributed by atoms with Crippen LogP contribution in [-0.4, -0.2) is 46.2 Å². The zero-order valence-corrected chi connectivity index (χ0v) is 14.4. The average Bonchev–Trinajstić information content (AvgIpc) is 3.13. The van der Waals surface area contributed by atoms with E-state index in [1.54, 1.807) is 6.07 Å². The molecule has 0 atom stereocenters.